The second-order valence-corrected chi connectivity index (χ2v) is 4.84. The molecule has 0 heterocycles. The summed E-state index contributed by atoms with van der Waals surface area (Å²) in [6.07, 6.45) is 0. The van der Waals surface area contributed by atoms with Crippen molar-refractivity contribution < 1.29 is 9.90 Å². The van der Waals surface area contributed by atoms with Crippen LogP contribution in [0.4, 0.5) is 5.69 Å². The fourth-order valence-electron chi connectivity index (χ4n) is 1.49. The van der Waals surface area contributed by atoms with Gasteiger partial charge in [-0.25, -0.2) is 0 Å². The SMILES string of the molecule is Cc1ccc(NC(=O)c2ccc(O)c(Br)c2)cc1. The predicted molar refractivity (Wildman–Crippen MR) is 74.9 cm³/mol. The number of hydrogen-bond acceptors (Lipinski definition) is 2. The molecule has 2 aromatic rings. The van der Waals surface area contributed by atoms with Gasteiger partial charge in [0.25, 0.3) is 5.91 Å². The van der Waals surface area contributed by atoms with Crippen molar-refractivity contribution in [2.24, 2.45) is 0 Å². The Morgan fingerprint density at radius 1 is 1.17 bits per heavy atom. The number of rotatable bonds is 2. The van der Waals surface area contributed by atoms with Crippen LogP contribution < -0.4 is 5.32 Å². The van der Waals surface area contributed by atoms with E-state index in [-0.39, 0.29) is 11.7 Å². The molecule has 0 aromatic heterocycles. The zero-order chi connectivity index (χ0) is 13.1. The van der Waals surface area contributed by atoms with Crippen LogP contribution in [-0.4, -0.2) is 11.0 Å². The Bertz CT molecular complexity index is 579. The average molecular weight is 306 g/mol. The summed E-state index contributed by atoms with van der Waals surface area (Å²) in [7, 11) is 0. The Kier molecular flexibility index (Phi) is 3.67. The van der Waals surface area contributed by atoms with Crippen LogP contribution >= 0.6 is 15.9 Å². The average Bonchev–Trinajstić information content (AvgIpc) is 2.35. The van der Waals surface area contributed by atoms with Crippen LogP contribution in [0.2, 0.25) is 0 Å². The van der Waals surface area contributed by atoms with Crippen LogP contribution in [-0.2, 0) is 0 Å². The van der Waals surface area contributed by atoms with E-state index in [4.69, 9.17) is 0 Å². The van der Waals surface area contributed by atoms with Gasteiger partial charge < -0.3 is 10.4 Å². The molecule has 0 atom stereocenters. The number of benzene rings is 2. The summed E-state index contributed by atoms with van der Waals surface area (Å²) in [6.45, 7) is 1.99. The van der Waals surface area contributed by atoms with E-state index in [9.17, 15) is 9.90 Å². The van der Waals surface area contributed by atoms with Gasteiger partial charge in [0.05, 0.1) is 4.47 Å². The van der Waals surface area contributed by atoms with E-state index in [1.165, 1.54) is 6.07 Å². The lowest BCUT2D eigenvalue weighted by Gasteiger charge is -2.06. The van der Waals surface area contributed by atoms with Gasteiger partial charge >= 0.3 is 0 Å². The van der Waals surface area contributed by atoms with E-state index in [0.717, 1.165) is 11.3 Å². The van der Waals surface area contributed by atoms with Gasteiger partial charge in [-0.05, 0) is 53.2 Å². The Morgan fingerprint density at radius 2 is 1.83 bits per heavy atom. The number of halogens is 1. The lowest BCUT2D eigenvalue weighted by molar-refractivity contribution is 0.102. The Morgan fingerprint density at radius 3 is 2.44 bits per heavy atom. The van der Waals surface area contributed by atoms with Gasteiger partial charge in [0.2, 0.25) is 0 Å². The number of hydrogen-bond donors (Lipinski definition) is 2. The summed E-state index contributed by atoms with van der Waals surface area (Å²) in [5, 5.41) is 12.2. The normalized spacial score (nSPS) is 10.1. The number of carbonyl (C=O) groups is 1. The zero-order valence-electron chi connectivity index (χ0n) is 9.77. The number of carbonyl (C=O) groups excluding carboxylic acids is 1. The van der Waals surface area contributed by atoms with Crippen molar-refractivity contribution in [1.29, 1.82) is 0 Å². The largest absolute Gasteiger partial charge is 0.507 e. The second-order valence-electron chi connectivity index (χ2n) is 3.99. The molecule has 0 fully saturated rings. The van der Waals surface area contributed by atoms with Crippen molar-refractivity contribution in [3.05, 3.63) is 58.1 Å². The third-order valence-electron chi connectivity index (χ3n) is 2.52. The fraction of sp³-hybridized carbons (Fsp3) is 0.0714. The summed E-state index contributed by atoms with van der Waals surface area (Å²) in [4.78, 5) is 11.9. The summed E-state index contributed by atoms with van der Waals surface area (Å²) >= 11 is 3.18. The molecule has 2 rings (SSSR count). The van der Waals surface area contributed by atoms with Gasteiger partial charge in [-0.2, -0.15) is 0 Å². The van der Waals surface area contributed by atoms with Gasteiger partial charge in [-0.1, -0.05) is 17.7 Å². The topological polar surface area (TPSA) is 49.3 Å². The molecule has 18 heavy (non-hydrogen) atoms. The van der Waals surface area contributed by atoms with Crippen LogP contribution in [0.5, 0.6) is 5.75 Å². The Hall–Kier alpha value is -1.81. The number of phenolic OH excluding ortho intramolecular Hbond substituents is 1. The van der Waals surface area contributed by atoms with Crippen LogP contribution in [0.15, 0.2) is 46.9 Å². The molecule has 0 unspecified atom stereocenters. The molecule has 0 aliphatic carbocycles. The van der Waals surface area contributed by atoms with Crippen LogP contribution in [0.25, 0.3) is 0 Å². The third-order valence-corrected chi connectivity index (χ3v) is 3.15. The quantitative estimate of drug-likeness (QED) is 0.888. The Balaban J connectivity index is 2.16. The molecule has 0 bridgehead atoms. The number of phenols is 1. The molecule has 0 saturated carbocycles. The first kappa shape index (κ1) is 12.6. The first-order valence-corrected chi connectivity index (χ1v) is 6.22. The minimum Gasteiger partial charge on any atom is -0.507 e. The molecular weight excluding hydrogens is 294 g/mol. The molecule has 0 aliphatic heterocycles. The summed E-state index contributed by atoms with van der Waals surface area (Å²) in [5.41, 5.74) is 2.37. The smallest absolute Gasteiger partial charge is 0.255 e. The lowest BCUT2D eigenvalue weighted by Crippen LogP contribution is -2.11. The molecule has 92 valence electrons. The molecule has 2 aromatic carbocycles. The van der Waals surface area contributed by atoms with Gasteiger partial charge in [0.1, 0.15) is 5.75 Å². The van der Waals surface area contributed by atoms with E-state index < -0.39 is 0 Å². The number of nitrogens with one attached hydrogen (secondary N) is 1. The molecule has 2 N–H and O–H groups in total. The van der Waals surface area contributed by atoms with Gasteiger partial charge in [-0.3, -0.25) is 4.79 Å². The number of anilines is 1. The molecule has 3 nitrogen and oxygen atoms in total. The summed E-state index contributed by atoms with van der Waals surface area (Å²) in [6, 6.07) is 12.2. The number of aromatic hydroxyl groups is 1. The molecule has 1 amide bonds. The fourth-order valence-corrected chi connectivity index (χ4v) is 1.87. The van der Waals surface area contributed by atoms with Gasteiger partial charge in [0.15, 0.2) is 0 Å². The maximum Gasteiger partial charge on any atom is 0.255 e. The monoisotopic (exact) mass is 305 g/mol. The molecular formula is C14H12BrNO2. The maximum absolute atomic E-state index is 11.9. The van der Waals surface area contributed by atoms with Crippen molar-refractivity contribution in [1.82, 2.24) is 0 Å². The molecule has 0 saturated heterocycles. The highest BCUT2D eigenvalue weighted by molar-refractivity contribution is 9.10. The number of aryl methyl sites for hydroxylation is 1. The van der Waals surface area contributed by atoms with Crippen molar-refractivity contribution in [3.8, 4) is 5.75 Å². The molecule has 0 radical (unpaired) electrons. The van der Waals surface area contributed by atoms with E-state index in [0.29, 0.717) is 10.0 Å². The summed E-state index contributed by atoms with van der Waals surface area (Å²) in [5.74, 6) is -0.0959. The van der Waals surface area contributed by atoms with Crippen LogP contribution in [0.3, 0.4) is 0 Å². The highest BCUT2D eigenvalue weighted by Gasteiger charge is 2.08. The highest BCUT2D eigenvalue weighted by atomic mass is 79.9. The van der Waals surface area contributed by atoms with Gasteiger partial charge in [-0.15, -0.1) is 0 Å². The third kappa shape index (κ3) is 2.90. The molecule has 0 spiro atoms. The first-order chi connectivity index (χ1) is 8.56. The lowest BCUT2D eigenvalue weighted by atomic mass is 10.2. The van der Waals surface area contributed by atoms with Crippen LogP contribution in [0, 0.1) is 6.92 Å². The zero-order valence-corrected chi connectivity index (χ0v) is 11.4. The van der Waals surface area contributed by atoms with Crippen molar-refractivity contribution >= 4 is 27.5 Å². The van der Waals surface area contributed by atoms with Crippen molar-refractivity contribution in [2.45, 2.75) is 6.92 Å². The number of amides is 1. The highest BCUT2D eigenvalue weighted by Crippen LogP contribution is 2.24. The van der Waals surface area contributed by atoms with E-state index in [1.807, 2.05) is 31.2 Å². The Labute approximate surface area is 114 Å². The van der Waals surface area contributed by atoms with E-state index in [1.54, 1.807) is 12.1 Å². The molecule has 0 aliphatic rings. The second kappa shape index (κ2) is 5.23. The first-order valence-electron chi connectivity index (χ1n) is 5.43. The van der Waals surface area contributed by atoms with E-state index >= 15 is 0 Å². The minimum atomic E-state index is -0.209. The summed E-state index contributed by atoms with van der Waals surface area (Å²) < 4.78 is 0.499. The molecule has 4 heteroatoms. The van der Waals surface area contributed by atoms with Gasteiger partial charge in [0, 0.05) is 11.3 Å². The predicted octanol–water partition coefficient (Wildman–Crippen LogP) is 3.72. The minimum absolute atomic E-state index is 0.113. The van der Waals surface area contributed by atoms with Crippen molar-refractivity contribution in [3.63, 3.8) is 0 Å². The van der Waals surface area contributed by atoms with Crippen molar-refractivity contribution in [2.75, 3.05) is 5.32 Å². The van der Waals surface area contributed by atoms with E-state index in [2.05, 4.69) is 21.2 Å². The standard InChI is InChI=1S/C14H12BrNO2/c1-9-2-5-11(6-3-9)16-14(18)10-4-7-13(17)12(15)8-10/h2-8,17H,1H3,(H,16,18). The maximum atomic E-state index is 11.9. The van der Waals surface area contributed by atoms with Crippen LogP contribution in [0.1, 0.15) is 15.9 Å².